The molecule has 0 bridgehead atoms. The zero-order valence-corrected chi connectivity index (χ0v) is 8.27. The monoisotopic (exact) mass is 214 g/mol. The van der Waals surface area contributed by atoms with Crippen molar-refractivity contribution in [3.8, 4) is 11.8 Å². The van der Waals surface area contributed by atoms with Crippen molar-refractivity contribution in [3.05, 3.63) is 35.9 Å². The molecule has 0 amide bonds. The first-order valence-corrected chi connectivity index (χ1v) is 6.02. The highest BCUT2D eigenvalue weighted by molar-refractivity contribution is 8.13. The second kappa shape index (κ2) is 4.31. The highest BCUT2D eigenvalue weighted by Crippen LogP contribution is 1.96. The molecular weight excluding hydrogens is 208 g/mol. The van der Waals surface area contributed by atoms with Crippen LogP contribution in [-0.4, -0.2) is 14.2 Å². The molecule has 2 nitrogen and oxygen atoms in total. The molecule has 1 aromatic rings. The summed E-state index contributed by atoms with van der Waals surface area (Å²) in [5.74, 6) is 4.84. The predicted octanol–water partition coefficient (Wildman–Crippen LogP) is 1.61. The van der Waals surface area contributed by atoms with Crippen LogP contribution < -0.4 is 0 Å². The molecule has 0 saturated carbocycles. The smallest absolute Gasteiger partial charge is 0.211 e. The minimum Gasteiger partial charge on any atom is -0.211 e. The molecule has 0 heterocycles. The van der Waals surface area contributed by atoms with Crippen LogP contribution in [0.25, 0.3) is 0 Å². The van der Waals surface area contributed by atoms with Crippen molar-refractivity contribution in [2.45, 2.75) is 0 Å². The molecule has 0 N–H and O–H groups in total. The third kappa shape index (κ3) is 4.56. The van der Waals surface area contributed by atoms with Gasteiger partial charge in [-0.25, -0.2) is 8.42 Å². The van der Waals surface area contributed by atoms with Crippen LogP contribution >= 0.6 is 10.7 Å². The maximum Gasteiger partial charge on any atom is 0.243 e. The first-order valence-electron chi connectivity index (χ1n) is 3.54. The topological polar surface area (TPSA) is 34.1 Å². The van der Waals surface area contributed by atoms with Crippen LogP contribution in [0.1, 0.15) is 5.56 Å². The second-order valence-electron chi connectivity index (χ2n) is 2.35. The van der Waals surface area contributed by atoms with Gasteiger partial charge >= 0.3 is 0 Å². The van der Waals surface area contributed by atoms with E-state index in [1.54, 1.807) is 12.1 Å². The summed E-state index contributed by atoms with van der Waals surface area (Å²) in [6, 6.07) is 9.13. The van der Waals surface area contributed by atoms with E-state index in [4.69, 9.17) is 10.7 Å². The van der Waals surface area contributed by atoms with E-state index in [2.05, 4.69) is 11.8 Å². The summed E-state index contributed by atoms with van der Waals surface area (Å²) in [5, 5.41) is 0. The van der Waals surface area contributed by atoms with E-state index in [1.165, 1.54) is 0 Å². The van der Waals surface area contributed by atoms with Gasteiger partial charge < -0.3 is 0 Å². The predicted molar refractivity (Wildman–Crippen MR) is 53.0 cm³/mol. The average molecular weight is 215 g/mol. The lowest BCUT2D eigenvalue weighted by Gasteiger charge is -1.86. The number of halogens is 1. The number of rotatable bonds is 1. The zero-order valence-electron chi connectivity index (χ0n) is 6.70. The molecule has 1 aromatic carbocycles. The quantitative estimate of drug-likeness (QED) is 0.526. The molecule has 68 valence electrons. The van der Waals surface area contributed by atoms with E-state index < -0.39 is 9.05 Å². The van der Waals surface area contributed by atoms with E-state index in [0.717, 1.165) is 5.56 Å². The van der Waals surface area contributed by atoms with Gasteiger partial charge in [0, 0.05) is 16.2 Å². The van der Waals surface area contributed by atoms with Crippen molar-refractivity contribution in [3.63, 3.8) is 0 Å². The number of benzene rings is 1. The summed E-state index contributed by atoms with van der Waals surface area (Å²) in [4.78, 5) is 0. The maximum atomic E-state index is 10.5. The van der Waals surface area contributed by atoms with Crippen LogP contribution in [0, 0.1) is 11.8 Å². The van der Waals surface area contributed by atoms with E-state index in [-0.39, 0.29) is 5.75 Å². The Labute approximate surface area is 82.0 Å². The molecule has 0 radical (unpaired) electrons. The van der Waals surface area contributed by atoms with Crippen LogP contribution in [0.3, 0.4) is 0 Å². The van der Waals surface area contributed by atoms with Gasteiger partial charge in [0.15, 0.2) is 0 Å². The van der Waals surface area contributed by atoms with Crippen molar-refractivity contribution in [1.82, 2.24) is 0 Å². The number of hydrogen-bond acceptors (Lipinski definition) is 2. The fraction of sp³-hybridized carbons (Fsp3) is 0.111. The standard InChI is InChI=1S/C9H7ClO2S/c10-13(11,12)8-4-7-9-5-2-1-3-6-9/h1-3,5-6H,8H2. The third-order valence-corrected chi connectivity index (χ3v) is 2.07. The van der Waals surface area contributed by atoms with Gasteiger partial charge in [0.1, 0.15) is 5.75 Å². The molecule has 4 heteroatoms. The number of hydrogen-bond donors (Lipinski definition) is 0. The average Bonchev–Trinajstić information content (AvgIpc) is 2.04. The van der Waals surface area contributed by atoms with Crippen LogP contribution in [0.15, 0.2) is 30.3 Å². The Kier molecular flexibility index (Phi) is 3.35. The van der Waals surface area contributed by atoms with Crippen molar-refractivity contribution in [2.75, 3.05) is 5.75 Å². The molecule has 0 aliphatic carbocycles. The van der Waals surface area contributed by atoms with Crippen molar-refractivity contribution in [1.29, 1.82) is 0 Å². The molecule has 0 aliphatic rings. The Hall–Kier alpha value is -0.980. The molecule has 0 aromatic heterocycles. The fourth-order valence-electron chi connectivity index (χ4n) is 0.746. The van der Waals surface area contributed by atoms with Crippen molar-refractivity contribution >= 4 is 19.7 Å². The Balaban J connectivity index is 2.70. The lowest BCUT2D eigenvalue weighted by molar-refractivity contribution is 0.612. The Morgan fingerprint density at radius 3 is 2.38 bits per heavy atom. The molecule has 0 aliphatic heterocycles. The summed E-state index contributed by atoms with van der Waals surface area (Å²) in [6.07, 6.45) is 0. The van der Waals surface area contributed by atoms with E-state index in [1.807, 2.05) is 18.2 Å². The van der Waals surface area contributed by atoms with Crippen LogP contribution in [0.5, 0.6) is 0 Å². The summed E-state index contributed by atoms with van der Waals surface area (Å²) >= 11 is 0. The molecule has 0 unspecified atom stereocenters. The SMILES string of the molecule is O=S(=O)(Cl)CC#Cc1ccccc1. The summed E-state index contributed by atoms with van der Waals surface area (Å²) in [5.41, 5.74) is 0.780. The molecule has 1 rings (SSSR count). The first-order chi connectivity index (χ1) is 6.08. The minimum absolute atomic E-state index is 0.316. The van der Waals surface area contributed by atoms with Crippen molar-refractivity contribution < 1.29 is 8.42 Å². The lowest BCUT2D eigenvalue weighted by atomic mass is 10.2. The largest absolute Gasteiger partial charge is 0.243 e. The van der Waals surface area contributed by atoms with Crippen LogP contribution in [0.2, 0.25) is 0 Å². The minimum atomic E-state index is -3.50. The van der Waals surface area contributed by atoms with Gasteiger partial charge in [-0.1, -0.05) is 30.0 Å². The van der Waals surface area contributed by atoms with Gasteiger partial charge in [0.25, 0.3) is 0 Å². The zero-order chi connectivity index (χ0) is 9.73. The van der Waals surface area contributed by atoms with Gasteiger partial charge in [-0.2, -0.15) is 0 Å². The van der Waals surface area contributed by atoms with Gasteiger partial charge in [-0.3, -0.25) is 0 Å². The third-order valence-electron chi connectivity index (χ3n) is 1.25. The molecule has 0 saturated heterocycles. The lowest BCUT2D eigenvalue weighted by Crippen LogP contribution is -1.92. The van der Waals surface area contributed by atoms with Crippen molar-refractivity contribution in [2.24, 2.45) is 0 Å². The Morgan fingerprint density at radius 2 is 1.85 bits per heavy atom. The van der Waals surface area contributed by atoms with Gasteiger partial charge in [-0.15, -0.1) is 0 Å². The normalized spacial score (nSPS) is 10.2. The molecule has 13 heavy (non-hydrogen) atoms. The summed E-state index contributed by atoms with van der Waals surface area (Å²) in [6.45, 7) is 0. The van der Waals surface area contributed by atoms with Crippen LogP contribution in [-0.2, 0) is 9.05 Å². The van der Waals surface area contributed by atoms with Gasteiger partial charge in [-0.05, 0) is 12.1 Å². The molecule has 0 fully saturated rings. The maximum absolute atomic E-state index is 10.5. The van der Waals surface area contributed by atoms with Gasteiger partial charge in [0.05, 0.1) is 0 Å². The highest BCUT2D eigenvalue weighted by Gasteiger charge is 1.99. The fourth-order valence-corrected chi connectivity index (χ4v) is 1.15. The molecule has 0 spiro atoms. The van der Waals surface area contributed by atoms with Gasteiger partial charge in [0.2, 0.25) is 9.05 Å². The highest BCUT2D eigenvalue weighted by atomic mass is 35.7. The molecular formula is C9H7ClO2S. The van der Waals surface area contributed by atoms with Crippen LogP contribution in [0.4, 0.5) is 0 Å². The van der Waals surface area contributed by atoms with E-state index in [0.29, 0.717) is 0 Å². The second-order valence-corrected chi connectivity index (χ2v) is 5.13. The summed E-state index contributed by atoms with van der Waals surface area (Å²) < 4.78 is 21.0. The Morgan fingerprint density at radius 1 is 1.23 bits per heavy atom. The summed E-state index contributed by atoms with van der Waals surface area (Å²) in [7, 11) is 1.47. The Bertz CT molecular complexity index is 426. The molecule has 0 atom stereocenters. The van der Waals surface area contributed by atoms with E-state index in [9.17, 15) is 8.42 Å². The first kappa shape index (κ1) is 10.1. The van der Waals surface area contributed by atoms with E-state index >= 15 is 0 Å².